The maximum atomic E-state index is 10.1. The van der Waals surface area contributed by atoms with E-state index in [2.05, 4.69) is 0 Å². The van der Waals surface area contributed by atoms with Gasteiger partial charge in [-0.1, -0.05) is 18.2 Å². The number of para-hydroxylation sites is 1. The molecule has 0 aromatic heterocycles. The number of aldehydes is 1. The first-order valence-corrected chi connectivity index (χ1v) is 4.63. The fraction of sp³-hybridized carbons (Fsp3) is 0.364. The SMILES string of the molecule is O=CCCOc1ccccc1CCO. The fourth-order valence-electron chi connectivity index (χ4n) is 1.19. The van der Waals surface area contributed by atoms with Crippen molar-refractivity contribution in [2.24, 2.45) is 0 Å². The Morgan fingerprint density at radius 1 is 1.36 bits per heavy atom. The summed E-state index contributed by atoms with van der Waals surface area (Å²) in [6.45, 7) is 0.500. The molecule has 0 bridgehead atoms. The van der Waals surface area contributed by atoms with Crippen molar-refractivity contribution in [2.45, 2.75) is 12.8 Å². The number of benzene rings is 1. The van der Waals surface area contributed by atoms with Crippen LogP contribution in [-0.2, 0) is 11.2 Å². The van der Waals surface area contributed by atoms with Gasteiger partial charge in [-0.15, -0.1) is 0 Å². The van der Waals surface area contributed by atoms with Crippen LogP contribution in [-0.4, -0.2) is 24.6 Å². The van der Waals surface area contributed by atoms with Gasteiger partial charge < -0.3 is 14.6 Å². The molecule has 76 valence electrons. The molecule has 0 spiro atoms. The molecule has 1 rings (SSSR count). The number of carbonyl (C=O) groups is 1. The summed E-state index contributed by atoms with van der Waals surface area (Å²) < 4.78 is 5.39. The van der Waals surface area contributed by atoms with E-state index in [1.165, 1.54) is 0 Å². The Balaban J connectivity index is 2.59. The highest BCUT2D eigenvalue weighted by atomic mass is 16.5. The Bertz CT molecular complexity index is 284. The number of aliphatic hydroxyl groups excluding tert-OH is 1. The molecule has 1 N–H and O–H groups in total. The number of ether oxygens (including phenoxy) is 1. The van der Waals surface area contributed by atoms with Crippen LogP contribution in [0.15, 0.2) is 24.3 Å². The number of carbonyl (C=O) groups excluding carboxylic acids is 1. The molecule has 0 saturated heterocycles. The number of hydrogen-bond donors (Lipinski definition) is 1. The van der Waals surface area contributed by atoms with Crippen LogP contribution >= 0.6 is 0 Å². The summed E-state index contributed by atoms with van der Waals surface area (Å²) in [6, 6.07) is 7.52. The lowest BCUT2D eigenvalue weighted by atomic mass is 10.1. The predicted molar refractivity (Wildman–Crippen MR) is 53.4 cm³/mol. The van der Waals surface area contributed by atoms with Crippen LogP contribution in [0.5, 0.6) is 5.75 Å². The summed E-state index contributed by atoms with van der Waals surface area (Å²) >= 11 is 0. The second kappa shape index (κ2) is 6.16. The summed E-state index contributed by atoms with van der Waals surface area (Å²) in [5, 5.41) is 8.80. The smallest absolute Gasteiger partial charge is 0.123 e. The van der Waals surface area contributed by atoms with Crippen molar-refractivity contribution in [1.29, 1.82) is 0 Å². The van der Waals surface area contributed by atoms with Gasteiger partial charge in [0.25, 0.3) is 0 Å². The zero-order valence-corrected chi connectivity index (χ0v) is 7.98. The molecule has 0 amide bonds. The van der Waals surface area contributed by atoms with E-state index in [1.807, 2.05) is 24.3 Å². The van der Waals surface area contributed by atoms with Crippen molar-refractivity contribution in [1.82, 2.24) is 0 Å². The minimum Gasteiger partial charge on any atom is -0.493 e. The van der Waals surface area contributed by atoms with Crippen molar-refractivity contribution in [2.75, 3.05) is 13.2 Å². The van der Waals surface area contributed by atoms with Gasteiger partial charge in [0.05, 0.1) is 6.61 Å². The third-order valence-corrected chi connectivity index (χ3v) is 1.85. The lowest BCUT2D eigenvalue weighted by Crippen LogP contribution is -2.01. The quantitative estimate of drug-likeness (QED) is 0.546. The van der Waals surface area contributed by atoms with Gasteiger partial charge >= 0.3 is 0 Å². The lowest BCUT2D eigenvalue weighted by Gasteiger charge is -2.08. The predicted octanol–water partition coefficient (Wildman–Crippen LogP) is 1.19. The van der Waals surface area contributed by atoms with Crippen LogP contribution in [0.1, 0.15) is 12.0 Å². The average molecular weight is 194 g/mol. The van der Waals surface area contributed by atoms with Gasteiger partial charge in [-0.05, 0) is 18.1 Å². The van der Waals surface area contributed by atoms with Gasteiger partial charge in [0.2, 0.25) is 0 Å². The highest BCUT2D eigenvalue weighted by Crippen LogP contribution is 2.18. The second-order valence-electron chi connectivity index (χ2n) is 2.89. The number of hydrogen-bond acceptors (Lipinski definition) is 3. The highest BCUT2D eigenvalue weighted by molar-refractivity contribution is 5.49. The summed E-state index contributed by atoms with van der Waals surface area (Å²) in [5.74, 6) is 0.753. The van der Waals surface area contributed by atoms with Crippen LogP contribution in [0, 0.1) is 0 Å². The first-order valence-electron chi connectivity index (χ1n) is 4.63. The molecule has 0 aliphatic carbocycles. The summed E-state index contributed by atoms with van der Waals surface area (Å²) in [7, 11) is 0. The largest absolute Gasteiger partial charge is 0.493 e. The fourth-order valence-corrected chi connectivity index (χ4v) is 1.19. The topological polar surface area (TPSA) is 46.5 Å². The minimum atomic E-state index is 0.105. The molecule has 0 unspecified atom stereocenters. The van der Waals surface area contributed by atoms with E-state index in [4.69, 9.17) is 9.84 Å². The first-order chi connectivity index (χ1) is 6.88. The van der Waals surface area contributed by atoms with Crippen molar-refractivity contribution >= 4 is 6.29 Å². The molecule has 1 aromatic rings. The standard InChI is InChI=1S/C11H14O3/c12-7-3-9-14-11-5-2-1-4-10(11)6-8-13/h1-2,4-5,7,13H,3,6,8-9H2. The molecule has 0 heterocycles. The van der Waals surface area contributed by atoms with Crippen molar-refractivity contribution in [3.8, 4) is 5.75 Å². The molecule has 3 heteroatoms. The van der Waals surface area contributed by atoms with Gasteiger partial charge in [-0.2, -0.15) is 0 Å². The van der Waals surface area contributed by atoms with Crippen LogP contribution in [0.4, 0.5) is 0 Å². The van der Waals surface area contributed by atoms with Gasteiger partial charge in [0.15, 0.2) is 0 Å². The summed E-state index contributed by atoms with van der Waals surface area (Å²) in [4.78, 5) is 10.1. The van der Waals surface area contributed by atoms with E-state index in [-0.39, 0.29) is 6.61 Å². The van der Waals surface area contributed by atoms with E-state index >= 15 is 0 Å². The molecule has 0 radical (unpaired) electrons. The van der Waals surface area contributed by atoms with Crippen LogP contribution < -0.4 is 4.74 Å². The van der Waals surface area contributed by atoms with Gasteiger partial charge in [-0.3, -0.25) is 0 Å². The normalized spacial score (nSPS) is 9.79. The molecule has 0 aliphatic rings. The Hall–Kier alpha value is -1.35. The summed E-state index contributed by atoms with van der Waals surface area (Å²) in [6.07, 6.45) is 1.80. The first kappa shape index (κ1) is 10.7. The second-order valence-corrected chi connectivity index (χ2v) is 2.89. The van der Waals surface area contributed by atoms with Crippen LogP contribution in [0.2, 0.25) is 0 Å². The molecule has 0 saturated carbocycles. The number of aliphatic hydroxyl groups is 1. The van der Waals surface area contributed by atoms with Crippen LogP contribution in [0.25, 0.3) is 0 Å². The maximum Gasteiger partial charge on any atom is 0.123 e. The zero-order chi connectivity index (χ0) is 10.2. The summed E-state index contributed by atoms with van der Waals surface area (Å²) in [5.41, 5.74) is 0.973. The Kier molecular flexibility index (Phi) is 4.72. The third kappa shape index (κ3) is 3.18. The molecule has 3 nitrogen and oxygen atoms in total. The van der Waals surface area contributed by atoms with Crippen molar-refractivity contribution in [3.05, 3.63) is 29.8 Å². The highest BCUT2D eigenvalue weighted by Gasteiger charge is 2.01. The number of rotatable bonds is 6. The molecule has 0 aliphatic heterocycles. The van der Waals surface area contributed by atoms with E-state index in [9.17, 15) is 4.79 Å². The zero-order valence-electron chi connectivity index (χ0n) is 7.98. The maximum absolute atomic E-state index is 10.1. The molecule has 0 fully saturated rings. The molecular weight excluding hydrogens is 180 g/mol. The third-order valence-electron chi connectivity index (χ3n) is 1.85. The lowest BCUT2D eigenvalue weighted by molar-refractivity contribution is -0.108. The average Bonchev–Trinajstić information content (AvgIpc) is 2.21. The van der Waals surface area contributed by atoms with Crippen LogP contribution in [0.3, 0.4) is 0 Å². The van der Waals surface area contributed by atoms with Crippen molar-refractivity contribution in [3.63, 3.8) is 0 Å². The minimum absolute atomic E-state index is 0.105. The van der Waals surface area contributed by atoms with Crippen molar-refractivity contribution < 1.29 is 14.6 Å². The van der Waals surface area contributed by atoms with E-state index in [1.54, 1.807) is 0 Å². The molecule has 0 atom stereocenters. The van der Waals surface area contributed by atoms with E-state index in [0.29, 0.717) is 19.4 Å². The molecular formula is C11H14O3. The van der Waals surface area contributed by atoms with E-state index in [0.717, 1.165) is 17.6 Å². The molecule has 1 aromatic carbocycles. The monoisotopic (exact) mass is 194 g/mol. The van der Waals surface area contributed by atoms with Gasteiger partial charge in [0, 0.05) is 13.0 Å². The van der Waals surface area contributed by atoms with Gasteiger partial charge in [0.1, 0.15) is 12.0 Å². The Morgan fingerprint density at radius 3 is 2.86 bits per heavy atom. The molecule has 14 heavy (non-hydrogen) atoms. The van der Waals surface area contributed by atoms with Gasteiger partial charge in [-0.25, -0.2) is 0 Å². The van der Waals surface area contributed by atoms with E-state index < -0.39 is 0 Å². The Labute approximate surface area is 83.3 Å². The Morgan fingerprint density at radius 2 is 2.14 bits per heavy atom.